The average molecular weight is 226 g/mol. The van der Waals surface area contributed by atoms with E-state index in [0.29, 0.717) is 12.1 Å². The van der Waals surface area contributed by atoms with Crippen LogP contribution in [0.1, 0.15) is 53.9 Å². The minimum absolute atomic E-state index is 0.118. The number of carbonyl (C=O) groups is 1. The summed E-state index contributed by atoms with van der Waals surface area (Å²) in [6.45, 7) is 10.3. The van der Waals surface area contributed by atoms with Crippen molar-refractivity contribution in [2.45, 2.75) is 72.0 Å². The largest absolute Gasteiger partial charge is 0.336 e. The predicted molar refractivity (Wildman–Crippen MR) is 67.1 cm³/mol. The summed E-state index contributed by atoms with van der Waals surface area (Å²) in [5, 5.41) is 0. The highest BCUT2D eigenvalue weighted by molar-refractivity contribution is 5.83. The van der Waals surface area contributed by atoms with Crippen LogP contribution in [0.25, 0.3) is 0 Å². The molecule has 0 saturated carbocycles. The second-order valence-electron chi connectivity index (χ2n) is 6.22. The van der Waals surface area contributed by atoms with Gasteiger partial charge in [0.1, 0.15) is 0 Å². The summed E-state index contributed by atoms with van der Waals surface area (Å²) in [6, 6.07) is 0.282. The molecule has 0 spiro atoms. The smallest absolute Gasteiger partial charge is 0.240 e. The summed E-state index contributed by atoms with van der Waals surface area (Å²) in [6.07, 6.45) is 3.43. The van der Waals surface area contributed by atoms with Crippen molar-refractivity contribution in [2.24, 2.45) is 11.1 Å². The number of nitrogens with two attached hydrogens (primary N) is 1. The van der Waals surface area contributed by atoms with Gasteiger partial charge in [0.2, 0.25) is 5.91 Å². The van der Waals surface area contributed by atoms with E-state index in [-0.39, 0.29) is 11.3 Å². The molecule has 0 aliphatic carbocycles. The van der Waals surface area contributed by atoms with Crippen LogP contribution in [0.15, 0.2) is 0 Å². The van der Waals surface area contributed by atoms with Gasteiger partial charge in [-0.25, -0.2) is 0 Å². The van der Waals surface area contributed by atoms with Crippen molar-refractivity contribution in [1.82, 2.24) is 4.90 Å². The first-order valence-electron chi connectivity index (χ1n) is 6.33. The molecular weight excluding hydrogens is 200 g/mol. The Kier molecular flexibility index (Phi) is 4.00. The minimum atomic E-state index is -0.393. The van der Waals surface area contributed by atoms with Gasteiger partial charge in [0.05, 0.1) is 6.04 Å². The number of likely N-dealkylation sites (tertiary alicyclic amines) is 1. The topological polar surface area (TPSA) is 46.3 Å². The number of rotatable bonds is 1. The van der Waals surface area contributed by atoms with E-state index >= 15 is 0 Å². The van der Waals surface area contributed by atoms with Gasteiger partial charge in [0.15, 0.2) is 0 Å². The fourth-order valence-corrected chi connectivity index (χ4v) is 2.39. The van der Waals surface area contributed by atoms with Gasteiger partial charge in [-0.05, 0) is 38.5 Å². The molecule has 3 atom stereocenters. The van der Waals surface area contributed by atoms with E-state index in [4.69, 9.17) is 5.73 Å². The number of amides is 1. The lowest BCUT2D eigenvalue weighted by molar-refractivity contribution is -0.141. The first kappa shape index (κ1) is 13.5. The van der Waals surface area contributed by atoms with Crippen LogP contribution in [-0.2, 0) is 4.79 Å². The van der Waals surface area contributed by atoms with Gasteiger partial charge < -0.3 is 10.6 Å². The summed E-state index contributed by atoms with van der Waals surface area (Å²) in [4.78, 5) is 14.4. The molecule has 1 amide bonds. The van der Waals surface area contributed by atoms with E-state index in [2.05, 4.69) is 13.8 Å². The van der Waals surface area contributed by atoms with Crippen molar-refractivity contribution in [3.05, 3.63) is 0 Å². The van der Waals surface area contributed by atoms with E-state index < -0.39 is 6.04 Å². The summed E-state index contributed by atoms with van der Waals surface area (Å²) >= 11 is 0. The van der Waals surface area contributed by atoms with E-state index in [1.165, 1.54) is 6.42 Å². The number of piperidine rings is 1. The molecule has 0 aromatic heterocycles. The first-order valence-corrected chi connectivity index (χ1v) is 6.33. The maximum atomic E-state index is 12.4. The highest BCUT2D eigenvalue weighted by Gasteiger charge is 2.36. The van der Waals surface area contributed by atoms with Gasteiger partial charge in [-0.2, -0.15) is 0 Å². The second-order valence-corrected chi connectivity index (χ2v) is 6.22. The highest BCUT2D eigenvalue weighted by atomic mass is 16.2. The maximum Gasteiger partial charge on any atom is 0.240 e. The Labute approximate surface area is 99.4 Å². The molecule has 0 aromatic rings. The first-order chi connectivity index (χ1) is 7.25. The lowest BCUT2D eigenvalue weighted by atomic mass is 9.85. The number of carbonyl (C=O) groups excluding carboxylic acids is 1. The van der Waals surface area contributed by atoms with Gasteiger partial charge in [-0.3, -0.25) is 4.79 Å². The van der Waals surface area contributed by atoms with E-state index in [1.54, 1.807) is 0 Å². The molecule has 1 fully saturated rings. The Morgan fingerprint density at radius 1 is 1.25 bits per heavy atom. The fourth-order valence-electron chi connectivity index (χ4n) is 2.39. The van der Waals surface area contributed by atoms with Crippen molar-refractivity contribution >= 4 is 5.91 Å². The van der Waals surface area contributed by atoms with E-state index in [1.807, 2.05) is 25.7 Å². The molecule has 1 rings (SSSR count). The number of hydrogen-bond acceptors (Lipinski definition) is 2. The minimum Gasteiger partial charge on any atom is -0.336 e. The molecule has 2 N–H and O–H groups in total. The summed E-state index contributed by atoms with van der Waals surface area (Å²) in [7, 11) is 0. The molecule has 3 nitrogen and oxygen atoms in total. The molecular formula is C13H26N2O. The van der Waals surface area contributed by atoms with Crippen LogP contribution in [0.4, 0.5) is 0 Å². The van der Waals surface area contributed by atoms with Gasteiger partial charge >= 0.3 is 0 Å². The molecule has 2 unspecified atom stereocenters. The van der Waals surface area contributed by atoms with Crippen LogP contribution in [0.5, 0.6) is 0 Å². The number of hydrogen-bond donors (Lipinski definition) is 1. The zero-order valence-corrected chi connectivity index (χ0v) is 11.3. The summed E-state index contributed by atoms with van der Waals surface area (Å²) in [5.74, 6) is 0.118. The SMILES string of the molecule is CC1CCCC(C)N1C(=O)[C@@H](N)C(C)(C)C. The highest BCUT2D eigenvalue weighted by Crippen LogP contribution is 2.26. The normalized spacial score (nSPS) is 29.0. The van der Waals surface area contributed by atoms with Crippen LogP contribution >= 0.6 is 0 Å². The van der Waals surface area contributed by atoms with Crippen molar-refractivity contribution in [3.63, 3.8) is 0 Å². The fraction of sp³-hybridized carbons (Fsp3) is 0.923. The molecule has 0 radical (unpaired) electrons. The van der Waals surface area contributed by atoms with Gasteiger partial charge in [0.25, 0.3) is 0 Å². The Morgan fingerprint density at radius 3 is 2.06 bits per heavy atom. The third-order valence-electron chi connectivity index (χ3n) is 3.65. The third kappa shape index (κ3) is 2.76. The van der Waals surface area contributed by atoms with Crippen LogP contribution in [-0.4, -0.2) is 28.9 Å². The van der Waals surface area contributed by atoms with Crippen LogP contribution in [0.3, 0.4) is 0 Å². The van der Waals surface area contributed by atoms with Crippen molar-refractivity contribution in [2.75, 3.05) is 0 Å². The van der Waals surface area contributed by atoms with E-state index in [9.17, 15) is 4.79 Å². The van der Waals surface area contributed by atoms with Gasteiger partial charge in [-0.15, -0.1) is 0 Å². The molecule has 0 aromatic carbocycles. The molecule has 1 saturated heterocycles. The van der Waals surface area contributed by atoms with Crippen LogP contribution in [0.2, 0.25) is 0 Å². The Hall–Kier alpha value is -0.570. The molecule has 1 aliphatic heterocycles. The Morgan fingerprint density at radius 2 is 1.69 bits per heavy atom. The Bertz CT molecular complexity index is 247. The molecule has 94 valence electrons. The lowest BCUT2D eigenvalue weighted by Gasteiger charge is -2.42. The quantitative estimate of drug-likeness (QED) is 0.744. The van der Waals surface area contributed by atoms with Gasteiger partial charge in [0, 0.05) is 12.1 Å². The molecule has 1 aliphatic rings. The molecule has 3 heteroatoms. The lowest BCUT2D eigenvalue weighted by Crippen LogP contribution is -2.56. The molecule has 0 bridgehead atoms. The van der Waals surface area contributed by atoms with Crippen LogP contribution in [0, 0.1) is 5.41 Å². The predicted octanol–water partition coefficient (Wildman–Crippen LogP) is 2.15. The molecule has 16 heavy (non-hydrogen) atoms. The van der Waals surface area contributed by atoms with E-state index in [0.717, 1.165) is 12.8 Å². The average Bonchev–Trinajstić information content (AvgIpc) is 2.14. The zero-order chi connectivity index (χ0) is 12.5. The maximum absolute atomic E-state index is 12.4. The van der Waals surface area contributed by atoms with Crippen molar-refractivity contribution < 1.29 is 4.79 Å². The standard InChI is InChI=1S/C13H26N2O/c1-9-7-6-8-10(2)15(9)12(16)11(14)13(3,4)5/h9-11H,6-8,14H2,1-5H3/t9?,10?,11-/m1/s1. The third-order valence-corrected chi connectivity index (χ3v) is 3.65. The monoisotopic (exact) mass is 226 g/mol. The number of nitrogens with zero attached hydrogens (tertiary/aromatic N) is 1. The molecule has 1 heterocycles. The van der Waals surface area contributed by atoms with Crippen molar-refractivity contribution in [3.8, 4) is 0 Å². The Balaban J connectivity index is 2.79. The summed E-state index contributed by atoms with van der Waals surface area (Å²) < 4.78 is 0. The van der Waals surface area contributed by atoms with Crippen LogP contribution < -0.4 is 5.73 Å². The zero-order valence-electron chi connectivity index (χ0n) is 11.3. The van der Waals surface area contributed by atoms with Crippen molar-refractivity contribution in [1.29, 1.82) is 0 Å². The summed E-state index contributed by atoms with van der Waals surface area (Å²) in [5.41, 5.74) is 5.90. The second kappa shape index (κ2) is 4.74. The van der Waals surface area contributed by atoms with Gasteiger partial charge in [-0.1, -0.05) is 20.8 Å².